The van der Waals surface area contributed by atoms with Gasteiger partial charge in [0, 0.05) is 0 Å². The summed E-state index contributed by atoms with van der Waals surface area (Å²) in [5.74, 6) is 0.763. The second-order valence-corrected chi connectivity index (χ2v) is 7.64. The quantitative estimate of drug-likeness (QED) is 0.528. The number of rotatable bonds is 7. The minimum Gasteiger partial charge on any atom is -0.496 e. The Morgan fingerprint density at radius 2 is 2.04 bits per heavy atom. The fourth-order valence-electron chi connectivity index (χ4n) is 3.39. The number of aromatic nitrogens is 3. The first kappa shape index (κ1) is 19.7. The zero-order chi connectivity index (χ0) is 19.4. The molecule has 6 nitrogen and oxygen atoms in total. The van der Waals surface area contributed by atoms with Crippen LogP contribution in [0.4, 0.5) is 4.39 Å². The zero-order valence-electron chi connectivity index (χ0n) is 15.8. The molecule has 0 bridgehead atoms. The first-order valence-corrected chi connectivity index (χ1v) is 10.0. The molecule has 27 heavy (non-hydrogen) atoms. The molecule has 0 radical (unpaired) electrons. The van der Waals surface area contributed by atoms with Crippen LogP contribution < -0.4 is 4.74 Å². The maximum absolute atomic E-state index is 13.6. The zero-order valence-corrected chi connectivity index (χ0v) is 16.6. The minimum absolute atomic E-state index is 0.228. The number of halogens is 1. The number of fused-ring (bicyclic) bond motifs is 1. The van der Waals surface area contributed by atoms with Gasteiger partial charge < -0.3 is 9.47 Å². The molecule has 8 heteroatoms. The fraction of sp³-hybridized carbons (Fsp3) is 0.526. The van der Waals surface area contributed by atoms with Crippen molar-refractivity contribution in [2.45, 2.75) is 56.6 Å². The lowest BCUT2D eigenvalue weighted by molar-refractivity contribution is -0.142. The first-order valence-electron chi connectivity index (χ1n) is 9.13. The van der Waals surface area contributed by atoms with Crippen LogP contribution in [0.2, 0.25) is 0 Å². The monoisotopic (exact) mass is 393 g/mol. The Morgan fingerprint density at radius 3 is 2.70 bits per heavy atom. The van der Waals surface area contributed by atoms with Gasteiger partial charge in [0.2, 0.25) is 0 Å². The molecule has 1 aliphatic carbocycles. The normalized spacial score (nSPS) is 14.5. The molecule has 0 saturated carbocycles. The minimum atomic E-state index is -0.734. The first-order chi connectivity index (χ1) is 13.1. The largest absolute Gasteiger partial charge is 0.496 e. The Morgan fingerprint density at radius 1 is 1.30 bits per heavy atom. The molecule has 2 aromatic rings. The average Bonchev–Trinajstić information content (AvgIpc) is 3.09. The van der Waals surface area contributed by atoms with E-state index in [1.807, 2.05) is 12.1 Å². The molecule has 146 valence electrons. The number of benzene rings is 1. The predicted octanol–water partition coefficient (Wildman–Crippen LogP) is 3.67. The lowest BCUT2D eigenvalue weighted by Gasteiger charge is -2.23. The molecule has 0 N–H and O–H groups in total. The molecular formula is C19H24FN3O3S. The lowest BCUT2D eigenvalue weighted by Crippen LogP contribution is -2.18. The Labute approximate surface area is 162 Å². The fourth-order valence-corrected chi connectivity index (χ4v) is 4.27. The summed E-state index contributed by atoms with van der Waals surface area (Å²) in [5, 5.41) is 8.15. The van der Waals surface area contributed by atoms with Gasteiger partial charge in [-0.15, -0.1) is 10.2 Å². The summed E-state index contributed by atoms with van der Waals surface area (Å²) in [6.45, 7) is 3.10. The van der Waals surface area contributed by atoms with E-state index in [-0.39, 0.29) is 11.8 Å². The highest BCUT2D eigenvalue weighted by Gasteiger charge is 2.25. The number of thioether (sulfide) groups is 1. The van der Waals surface area contributed by atoms with Crippen LogP contribution in [0, 0.1) is 0 Å². The summed E-state index contributed by atoms with van der Waals surface area (Å²) in [5.41, 5.74) is 3.16. The molecule has 1 unspecified atom stereocenters. The van der Waals surface area contributed by atoms with Crippen molar-refractivity contribution in [1.29, 1.82) is 0 Å². The van der Waals surface area contributed by atoms with Gasteiger partial charge in [-0.1, -0.05) is 11.8 Å². The Hall–Kier alpha value is -2.09. The van der Waals surface area contributed by atoms with Crippen molar-refractivity contribution in [3.63, 3.8) is 0 Å². The maximum atomic E-state index is 13.6. The van der Waals surface area contributed by atoms with Crippen molar-refractivity contribution < 1.29 is 18.7 Å². The van der Waals surface area contributed by atoms with E-state index in [9.17, 15) is 9.18 Å². The topological polar surface area (TPSA) is 66.2 Å². The number of carbonyl (C=O) groups excluding carboxylic acids is 1. The molecule has 1 heterocycles. The van der Waals surface area contributed by atoms with Gasteiger partial charge in [-0.2, -0.15) is 0 Å². The second-order valence-electron chi connectivity index (χ2n) is 6.33. The Balaban J connectivity index is 2.04. The number of nitrogens with zero attached hydrogens (tertiary/aromatic N) is 3. The number of esters is 1. The smallest absolute Gasteiger partial charge is 0.319 e. The van der Waals surface area contributed by atoms with Gasteiger partial charge >= 0.3 is 5.97 Å². The highest BCUT2D eigenvalue weighted by molar-refractivity contribution is 8.00. The van der Waals surface area contributed by atoms with Crippen LogP contribution in [0.3, 0.4) is 0 Å². The molecule has 1 aromatic carbocycles. The maximum Gasteiger partial charge on any atom is 0.319 e. The van der Waals surface area contributed by atoms with Crippen molar-refractivity contribution in [2.24, 2.45) is 0 Å². The number of hydrogen-bond acceptors (Lipinski definition) is 6. The Bertz CT molecular complexity index is 825. The van der Waals surface area contributed by atoms with Crippen molar-refractivity contribution in [2.75, 3.05) is 13.7 Å². The summed E-state index contributed by atoms with van der Waals surface area (Å²) < 4.78 is 25.9. The van der Waals surface area contributed by atoms with E-state index < -0.39 is 11.9 Å². The average molecular weight is 393 g/mol. The molecule has 0 amide bonds. The Kier molecular flexibility index (Phi) is 6.36. The van der Waals surface area contributed by atoms with Crippen molar-refractivity contribution in [3.05, 3.63) is 29.1 Å². The van der Waals surface area contributed by atoms with Crippen LogP contribution in [0.15, 0.2) is 17.3 Å². The predicted molar refractivity (Wildman–Crippen MR) is 101 cm³/mol. The standard InChI is InChI=1S/C19H24FN3O3S/c1-4-26-18(24)12(2)27-19-22-21-17(11-20)23(19)15-9-10-16(25-3)14-8-6-5-7-13(14)15/h9-10,12H,4-8,11H2,1-3H3. The highest BCUT2D eigenvalue weighted by Crippen LogP contribution is 2.36. The van der Waals surface area contributed by atoms with Crippen molar-refractivity contribution in [3.8, 4) is 11.4 Å². The summed E-state index contributed by atoms with van der Waals surface area (Å²) in [7, 11) is 1.66. The molecule has 0 aliphatic heterocycles. The van der Waals surface area contributed by atoms with Gasteiger partial charge in [0.15, 0.2) is 11.0 Å². The van der Waals surface area contributed by atoms with Crippen molar-refractivity contribution in [1.82, 2.24) is 14.8 Å². The summed E-state index contributed by atoms with van der Waals surface area (Å²) in [6.07, 6.45) is 4.00. The SMILES string of the molecule is CCOC(=O)C(C)Sc1nnc(CF)n1-c1ccc(OC)c2c1CCCC2. The van der Waals surface area contributed by atoms with Gasteiger partial charge in [0.05, 0.1) is 19.4 Å². The van der Waals surface area contributed by atoms with Crippen LogP contribution in [0.5, 0.6) is 5.75 Å². The summed E-state index contributed by atoms with van der Waals surface area (Å²) in [4.78, 5) is 12.0. The van der Waals surface area contributed by atoms with Crippen LogP contribution in [-0.2, 0) is 29.0 Å². The third-order valence-corrected chi connectivity index (χ3v) is 5.67. The third-order valence-electron chi connectivity index (χ3n) is 4.65. The number of hydrogen-bond donors (Lipinski definition) is 0. The summed E-state index contributed by atoms with van der Waals surface area (Å²) in [6, 6.07) is 3.83. The van der Waals surface area contributed by atoms with E-state index in [0.29, 0.717) is 11.8 Å². The number of ether oxygens (including phenoxy) is 2. The van der Waals surface area contributed by atoms with Gasteiger partial charge in [-0.25, -0.2) is 4.39 Å². The number of methoxy groups -OCH3 is 1. The van der Waals surface area contributed by atoms with Crippen LogP contribution in [-0.4, -0.2) is 39.7 Å². The lowest BCUT2D eigenvalue weighted by atomic mass is 9.89. The van der Waals surface area contributed by atoms with Crippen molar-refractivity contribution >= 4 is 17.7 Å². The van der Waals surface area contributed by atoms with E-state index in [1.165, 1.54) is 11.8 Å². The second kappa shape index (κ2) is 8.73. The molecule has 0 spiro atoms. The van der Waals surface area contributed by atoms with E-state index in [2.05, 4.69) is 10.2 Å². The van der Waals surface area contributed by atoms with Crippen LogP contribution >= 0.6 is 11.8 Å². The molecule has 1 aromatic heterocycles. The van der Waals surface area contributed by atoms with Gasteiger partial charge in [0.1, 0.15) is 17.7 Å². The molecule has 0 saturated heterocycles. The number of carbonyl (C=O) groups is 1. The summed E-state index contributed by atoms with van der Waals surface area (Å²) >= 11 is 1.23. The number of alkyl halides is 1. The van der Waals surface area contributed by atoms with Gasteiger partial charge in [-0.3, -0.25) is 9.36 Å². The van der Waals surface area contributed by atoms with Crippen LogP contribution in [0.25, 0.3) is 5.69 Å². The van der Waals surface area contributed by atoms with Crippen LogP contribution in [0.1, 0.15) is 43.6 Å². The van der Waals surface area contributed by atoms with Gasteiger partial charge in [-0.05, 0) is 62.8 Å². The van der Waals surface area contributed by atoms with Gasteiger partial charge in [0.25, 0.3) is 0 Å². The van der Waals surface area contributed by atoms with E-state index in [1.54, 1.807) is 25.5 Å². The third kappa shape index (κ3) is 3.95. The van der Waals surface area contributed by atoms with E-state index in [0.717, 1.165) is 48.2 Å². The van der Waals surface area contributed by atoms with E-state index >= 15 is 0 Å². The molecule has 0 fully saturated rings. The molecule has 3 rings (SSSR count). The molecule has 1 aliphatic rings. The highest BCUT2D eigenvalue weighted by atomic mass is 32.2. The van der Waals surface area contributed by atoms with E-state index in [4.69, 9.17) is 9.47 Å². The molecular weight excluding hydrogens is 369 g/mol. The molecule has 1 atom stereocenters.